The molecular formula is C21H31NO8. The van der Waals surface area contributed by atoms with E-state index in [1.54, 1.807) is 24.3 Å². The number of aromatic hydroxyl groups is 1. The molecule has 9 heteroatoms. The molecule has 0 aromatic heterocycles. The average molecular weight is 425 g/mol. The molecule has 0 bridgehead atoms. The molecule has 1 aliphatic carbocycles. The van der Waals surface area contributed by atoms with E-state index < -0.39 is 18.0 Å². The Morgan fingerprint density at radius 1 is 1.17 bits per heavy atom. The molecule has 0 radical (unpaired) electrons. The van der Waals surface area contributed by atoms with Gasteiger partial charge in [-0.2, -0.15) is 0 Å². The Labute approximate surface area is 175 Å². The fourth-order valence-corrected chi connectivity index (χ4v) is 3.20. The Balaban J connectivity index is 0.000000656. The maximum Gasteiger partial charge on any atom is 0.351 e. The molecule has 0 saturated heterocycles. The predicted octanol–water partition coefficient (Wildman–Crippen LogP) is -0.288. The van der Waals surface area contributed by atoms with E-state index >= 15 is 0 Å². The van der Waals surface area contributed by atoms with Crippen molar-refractivity contribution in [3.63, 3.8) is 0 Å². The maximum atomic E-state index is 11.9. The Bertz CT molecular complexity index is 658. The fourth-order valence-electron chi connectivity index (χ4n) is 3.20. The number of esters is 1. The van der Waals surface area contributed by atoms with Gasteiger partial charge in [-0.3, -0.25) is 4.79 Å². The van der Waals surface area contributed by atoms with E-state index in [0.717, 1.165) is 44.2 Å². The molecule has 5 N–H and O–H groups in total. The van der Waals surface area contributed by atoms with Gasteiger partial charge in [0.05, 0.1) is 19.1 Å². The highest BCUT2D eigenvalue weighted by molar-refractivity contribution is 6.26. The highest BCUT2D eigenvalue weighted by Crippen LogP contribution is 2.24. The smallest absolute Gasteiger partial charge is 0.351 e. The quantitative estimate of drug-likeness (QED) is 0.251. The number of phenolic OH excluding ortho intramolecular Hbond substituents is 1. The first-order chi connectivity index (χ1) is 14.2. The number of carbonyl (C=O) groups is 3. The molecule has 30 heavy (non-hydrogen) atoms. The first kappa shape index (κ1) is 25.4. The van der Waals surface area contributed by atoms with E-state index in [1.165, 1.54) is 6.42 Å². The van der Waals surface area contributed by atoms with E-state index in [9.17, 15) is 15.0 Å². The van der Waals surface area contributed by atoms with Gasteiger partial charge in [0.15, 0.2) is 5.97 Å². The molecule has 0 spiro atoms. The first-order valence-electron chi connectivity index (χ1n) is 10.1. The molecule has 2 rings (SSSR count). The van der Waals surface area contributed by atoms with Gasteiger partial charge in [0.1, 0.15) is 17.9 Å². The summed E-state index contributed by atoms with van der Waals surface area (Å²) in [6, 6.07) is 6.63. The van der Waals surface area contributed by atoms with Gasteiger partial charge in [0, 0.05) is 6.42 Å². The molecule has 0 aliphatic heterocycles. The van der Waals surface area contributed by atoms with Gasteiger partial charge in [-0.25, -0.2) is 4.79 Å². The number of nitrogens with two attached hydrogens (primary N) is 1. The van der Waals surface area contributed by atoms with Crippen molar-refractivity contribution in [1.29, 1.82) is 0 Å². The van der Waals surface area contributed by atoms with E-state index in [0.29, 0.717) is 6.61 Å². The van der Waals surface area contributed by atoms with Crippen molar-refractivity contribution in [3.8, 4) is 5.75 Å². The molecule has 9 nitrogen and oxygen atoms in total. The van der Waals surface area contributed by atoms with Crippen LogP contribution in [0.2, 0.25) is 0 Å². The maximum absolute atomic E-state index is 11.9. The molecular weight excluding hydrogens is 394 g/mol. The lowest BCUT2D eigenvalue weighted by molar-refractivity contribution is -0.694. The summed E-state index contributed by atoms with van der Waals surface area (Å²) >= 11 is 0. The zero-order valence-corrected chi connectivity index (χ0v) is 17.2. The number of aliphatic hydroxyl groups is 1. The highest BCUT2D eigenvalue weighted by atomic mass is 16.5. The second-order valence-corrected chi connectivity index (χ2v) is 7.37. The monoisotopic (exact) mass is 425 g/mol. The van der Waals surface area contributed by atoms with Crippen LogP contribution in [-0.4, -0.2) is 52.4 Å². The van der Waals surface area contributed by atoms with Crippen molar-refractivity contribution in [1.82, 2.24) is 0 Å². The number of quaternary nitrogens is 1. The molecule has 1 aromatic rings. The van der Waals surface area contributed by atoms with Crippen molar-refractivity contribution >= 4 is 17.9 Å². The number of hydrogen-bond acceptors (Lipinski definition) is 7. The summed E-state index contributed by atoms with van der Waals surface area (Å²) in [7, 11) is 0. The number of ether oxygens (including phenoxy) is 1. The second kappa shape index (κ2) is 13.6. The number of carboxylic acid groups (broad SMARTS) is 2. The summed E-state index contributed by atoms with van der Waals surface area (Å²) < 4.78 is 5.37. The molecule has 1 aliphatic rings. The van der Waals surface area contributed by atoms with Gasteiger partial charge in [-0.05, 0) is 37.5 Å². The van der Waals surface area contributed by atoms with Gasteiger partial charge >= 0.3 is 11.9 Å². The first-order valence-corrected chi connectivity index (χ1v) is 10.1. The van der Waals surface area contributed by atoms with Crippen molar-refractivity contribution in [2.45, 2.75) is 57.6 Å². The lowest BCUT2D eigenvalue weighted by Gasteiger charge is -2.20. The fraction of sp³-hybridized carbons (Fsp3) is 0.571. The minimum Gasteiger partial charge on any atom is -0.539 e. The predicted molar refractivity (Wildman–Crippen MR) is 104 cm³/mol. The number of phenols is 1. The third-order valence-electron chi connectivity index (χ3n) is 4.98. The molecule has 168 valence electrons. The summed E-state index contributed by atoms with van der Waals surface area (Å²) in [6.07, 6.45) is 5.66. The third kappa shape index (κ3) is 9.71. The van der Waals surface area contributed by atoms with Crippen LogP contribution in [-0.2, 0) is 19.1 Å². The lowest BCUT2D eigenvalue weighted by atomic mass is 9.89. The topological polar surface area (TPSA) is 161 Å². The molecule has 1 saturated carbocycles. The third-order valence-corrected chi connectivity index (χ3v) is 4.98. The number of hydrogen-bond donors (Lipinski definition) is 4. The average Bonchev–Trinajstić information content (AvgIpc) is 2.74. The molecule has 0 amide bonds. The van der Waals surface area contributed by atoms with Gasteiger partial charge in [0.25, 0.3) is 0 Å². The summed E-state index contributed by atoms with van der Waals surface area (Å²) in [5.41, 5.74) is 0.792. The number of aliphatic carboxylic acids is 2. The van der Waals surface area contributed by atoms with Crippen LogP contribution < -0.4 is 10.4 Å². The van der Waals surface area contributed by atoms with E-state index in [2.05, 4.69) is 5.32 Å². The van der Waals surface area contributed by atoms with Crippen molar-refractivity contribution < 1.29 is 44.9 Å². The number of aliphatic hydroxyl groups excluding tert-OH is 1. The van der Waals surface area contributed by atoms with Crippen LogP contribution in [0.3, 0.4) is 0 Å². The standard InChI is InChI=1S/C19H29NO4.C2H2O4/c1-14(18(22)15-8-10-17(21)11-9-15)20-12-5-13-24-19(23)16-6-3-2-4-7-16;3-1(4)2(5)6/h8-11,14,16,18,20-22H,2-7,12-13H2,1H3;(H,3,4)(H,5,6). The normalized spacial score (nSPS) is 15.9. The van der Waals surface area contributed by atoms with Crippen LogP contribution >= 0.6 is 0 Å². The summed E-state index contributed by atoms with van der Waals surface area (Å²) in [5.74, 6) is -3.74. The molecule has 1 aromatic carbocycles. The minimum atomic E-state index is -2.07. The highest BCUT2D eigenvalue weighted by Gasteiger charge is 2.22. The lowest BCUT2D eigenvalue weighted by Crippen LogP contribution is -2.90. The molecule has 1 fully saturated rings. The summed E-state index contributed by atoms with van der Waals surface area (Å²) in [4.78, 5) is 29.9. The number of carbonyl (C=O) groups excluding carboxylic acids is 2. The SMILES string of the molecule is CC([NH2+]CCCOC(=O)C1CCCCC1)C(O)c1ccc(O)cc1.O=C([O-])C(=O)O. The van der Waals surface area contributed by atoms with Crippen LogP contribution in [0.25, 0.3) is 0 Å². The van der Waals surface area contributed by atoms with Crippen LogP contribution in [0, 0.1) is 5.92 Å². The van der Waals surface area contributed by atoms with Gasteiger partial charge < -0.3 is 35.3 Å². The number of carboxylic acids is 2. The summed E-state index contributed by atoms with van der Waals surface area (Å²) in [6.45, 7) is 3.22. The number of benzene rings is 1. The Hall–Kier alpha value is -2.65. The zero-order valence-electron chi connectivity index (χ0n) is 17.2. The largest absolute Gasteiger partial charge is 0.539 e. The summed E-state index contributed by atoms with van der Waals surface area (Å²) in [5, 5.41) is 38.0. The van der Waals surface area contributed by atoms with Gasteiger partial charge in [-0.15, -0.1) is 0 Å². The molecule has 0 heterocycles. The van der Waals surface area contributed by atoms with E-state index in [-0.39, 0.29) is 23.7 Å². The van der Waals surface area contributed by atoms with E-state index in [4.69, 9.17) is 24.5 Å². The van der Waals surface area contributed by atoms with E-state index in [1.807, 2.05) is 6.92 Å². The van der Waals surface area contributed by atoms with Crippen LogP contribution in [0.4, 0.5) is 0 Å². The Morgan fingerprint density at radius 2 is 1.73 bits per heavy atom. The minimum absolute atomic E-state index is 0.00332. The van der Waals surface area contributed by atoms with Gasteiger partial charge in [0.2, 0.25) is 0 Å². The van der Waals surface area contributed by atoms with Crippen LogP contribution in [0.1, 0.15) is 57.1 Å². The van der Waals surface area contributed by atoms with Crippen molar-refractivity contribution in [3.05, 3.63) is 29.8 Å². The molecule has 2 atom stereocenters. The van der Waals surface area contributed by atoms with Crippen LogP contribution in [0.5, 0.6) is 5.75 Å². The Kier molecular flexibility index (Phi) is 11.5. The molecule has 2 unspecified atom stereocenters. The zero-order chi connectivity index (χ0) is 22.5. The second-order valence-electron chi connectivity index (χ2n) is 7.37. The van der Waals surface area contributed by atoms with Crippen molar-refractivity contribution in [2.75, 3.05) is 13.2 Å². The van der Waals surface area contributed by atoms with Crippen LogP contribution in [0.15, 0.2) is 24.3 Å². The Morgan fingerprint density at radius 3 is 2.27 bits per heavy atom. The number of rotatable bonds is 8. The van der Waals surface area contributed by atoms with Crippen molar-refractivity contribution in [2.24, 2.45) is 5.92 Å². The van der Waals surface area contributed by atoms with Gasteiger partial charge in [-0.1, -0.05) is 31.4 Å².